The molecular weight excluding hydrogens is 303 g/mol. The third kappa shape index (κ3) is 2.42. The van der Waals surface area contributed by atoms with Crippen molar-refractivity contribution < 1.29 is 4.39 Å². The molecule has 0 bridgehead atoms. The van der Waals surface area contributed by atoms with Crippen molar-refractivity contribution in [3.8, 4) is 11.8 Å². The second-order valence-corrected chi connectivity index (χ2v) is 5.79. The maximum Gasteiger partial charge on any atom is 0.133 e. The van der Waals surface area contributed by atoms with Crippen LogP contribution in [0.15, 0.2) is 48.5 Å². The molecule has 1 aromatic heterocycles. The van der Waals surface area contributed by atoms with E-state index < -0.39 is 0 Å². The Morgan fingerprint density at radius 2 is 1.96 bits per heavy atom. The van der Waals surface area contributed by atoms with Crippen LogP contribution < -0.4 is 5.32 Å². The van der Waals surface area contributed by atoms with Gasteiger partial charge < -0.3 is 5.32 Å². The molecule has 0 radical (unpaired) electrons. The zero-order valence-corrected chi connectivity index (χ0v) is 13.0. The van der Waals surface area contributed by atoms with E-state index in [1.807, 2.05) is 22.9 Å². The minimum Gasteiger partial charge on any atom is -0.369 e. The third-order valence-electron chi connectivity index (χ3n) is 4.29. The van der Waals surface area contributed by atoms with Crippen LogP contribution in [-0.4, -0.2) is 16.3 Å². The number of nitriles is 1. The fourth-order valence-electron chi connectivity index (χ4n) is 3.07. The van der Waals surface area contributed by atoms with Crippen LogP contribution in [0.4, 0.5) is 10.2 Å². The maximum atomic E-state index is 14.0. The van der Waals surface area contributed by atoms with Crippen molar-refractivity contribution in [1.82, 2.24) is 9.78 Å². The zero-order valence-electron chi connectivity index (χ0n) is 13.0. The largest absolute Gasteiger partial charge is 0.369 e. The molecule has 1 aliphatic heterocycles. The highest BCUT2D eigenvalue weighted by Gasteiger charge is 2.23. The van der Waals surface area contributed by atoms with Crippen LogP contribution in [0, 0.1) is 17.1 Å². The van der Waals surface area contributed by atoms with Gasteiger partial charge in [-0.1, -0.05) is 18.2 Å². The predicted molar refractivity (Wildman–Crippen MR) is 89.7 cm³/mol. The average molecular weight is 318 g/mol. The molecule has 5 heteroatoms. The first kappa shape index (κ1) is 14.5. The molecule has 2 aromatic carbocycles. The van der Waals surface area contributed by atoms with E-state index in [0.717, 1.165) is 35.7 Å². The number of hydrogen-bond donors (Lipinski definition) is 1. The normalized spacial score (nSPS) is 12.5. The summed E-state index contributed by atoms with van der Waals surface area (Å²) in [6.07, 6.45) is 1.36. The van der Waals surface area contributed by atoms with Gasteiger partial charge in [-0.3, -0.25) is 0 Å². The van der Waals surface area contributed by atoms with Crippen molar-refractivity contribution >= 4 is 5.82 Å². The molecule has 24 heavy (non-hydrogen) atoms. The number of aromatic nitrogens is 2. The van der Waals surface area contributed by atoms with Gasteiger partial charge in [-0.25, -0.2) is 9.07 Å². The van der Waals surface area contributed by atoms with E-state index in [0.29, 0.717) is 17.5 Å². The highest BCUT2D eigenvalue weighted by Crippen LogP contribution is 2.30. The SMILES string of the molecule is N#Cc1ccc(-n2nc(Cc3ccccc3F)c3c2NCC3)cc1. The molecule has 0 spiro atoms. The molecule has 0 atom stereocenters. The summed E-state index contributed by atoms with van der Waals surface area (Å²) in [5, 5.41) is 17.0. The van der Waals surface area contributed by atoms with E-state index in [4.69, 9.17) is 10.4 Å². The number of anilines is 1. The van der Waals surface area contributed by atoms with E-state index in [-0.39, 0.29) is 5.82 Å². The van der Waals surface area contributed by atoms with Gasteiger partial charge >= 0.3 is 0 Å². The first-order valence-corrected chi connectivity index (χ1v) is 7.85. The zero-order chi connectivity index (χ0) is 16.5. The molecule has 0 fully saturated rings. The molecule has 4 nitrogen and oxygen atoms in total. The number of benzene rings is 2. The highest BCUT2D eigenvalue weighted by atomic mass is 19.1. The fourth-order valence-corrected chi connectivity index (χ4v) is 3.07. The Morgan fingerprint density at radius 3 is 2.71 bits per heavy atom. The van der Waals surface area contributed by atoms with Crippen LogP contribution >= 0.6 is 0 Å². The molecular formula is C19H15FN4. The number of hydrogen-bond acceptors (Lipinski definition) is 3. The second-order valence-electron chi connectivity index (χ2n) is 5.79. The maximum absolute atomic E-state index is 14.0. The van der Waals surface area contributed by atoms with Crippen molar-refractivity contribution in [1.29, 1.82) is 5.26 Å². The quantitative estimate of drug-likeness (QED) is 0.805. The number of fused-ring (bicyclic) bond motifs is 1. The highest BCUT2D eigenvalue weighted by molar-refractivity contribution is 5.58. The molecule has 0 amide bonds. The summed E-state index contributed by atoms with van der Waals surface area (Å²) in [6, 6.07) is 16.2. The van der Waals surface area contributed by atoms with Gasteiger partial charge in [-0.2, -0.15) is 10.4 Å². The fraction of sp³-hybridized carbons (Fsp3) is 0.158. The molecule has 0 unspecified atom stereocenters. The van der Waals surface area contributed by atoms with Gasteiger partial charge in [0.2, 0.25) is 0 Å². The van der Waals surface area contributed by atoms with Crippen LogP contribution in [0.2, 0.25) is 0 Å². The topological polar surface area (TPSA) is 53.6 Å². The Kier molecular flexibility index (Phi) is 3.51. The van der Waals surface area contributed by atoms with E-state index in [9.17, 15) is 4.39 Å². The summed E-state index contributed by atoms with van der Waals surface area (Å²) in [5.41, 5.74) is 4.19. The standard InChI is InChI=1S/C19H15FN4/c20-17-4-2-1-3-14(17)11-18-16-9-10-22-19(16)24(23-18)15-7-5-13(12-21)6-8-15/h1-8,22H,9-11H2. The van der Waals surface area contributed by atoms with Gasteiger partial charge in [-0.15, -0.1) is 0 Å². The van der Waals surface area contributed by atoms with E-state index >= 15 is 0 Å². The van der Waals surface area contributed by atoms with Crippen molar-refractivity contribution in [2.75, 3.05) is 11.9 Å². The summed E-state index contributed by atoms with van der Waals surface area (Å²) in [4.78, 5) is 0. The molecule has 3 aromatic rings. The van der Waals surface area contributed by atoms with Crippen LogP contribution in [0.25, 0.3) is 5.69 Å². The Bertz CT molecular complexity index is 935. The lowest BCUT2D eigenvalue weighted by Crippen LogP contribution is -2.05. The third-order valence-corrected chi connectivity index (χ3v) is 4.29. The predicted octanol–water partition coefficient (Wildman–Crippen LogP) is 3.44. The van der Waals surface area contributed by atoms with Crippen molar-refractivity contribution in [3.05, 3.63) is 76.7 Å². The van der Waals surface area contributed by atoms with E-state index in [1.165, 1.54) is 6.07 Å². The summed E-state index contributed by atoms with van der Waals surface area (Å²) in [5.74, 6) is 0.760. The lowest BCUT2D eigenvalue weighted by Gasteiger charge is -2.06. The summed E-state index contributed by atoms with van der Waals surface area (Å²) < 4.78 is 15.8. The van der Waals surface area contributed by atoms with Crippen LogP contribution in [0.3, 0.4) is 0 Å². The Balaban J connectivity index is 1.75. The smallest absolute Gasteiger partial charge is 0.133 e. The molecule has 1 N–H and O–H groups in total. The van der Waals surface area contributed by atoms with E-state index in [2.05, 4.69) is 11.4 Å². The molecule has 2 heterocycles. The average Bonchev–Trinajstić information content (AvgIpc) is 3.21. The van der Waals surface area contributed by atoms with Crippen molar-refractivity contribution in [2.45, 2.75) is 12.8 Å². The van der Waals surface area contributed by atoms with Gasteiger partial charge in [0.15, 0.2) is 0 Å². The van der Waals surface area contributed by atoms with Crippen molar-refractivity contribution in [2.24, 2.45) is 0 Å². The second kappa shape index (κ2) is 5.82. The summed E-state index contributed by atoms with van der Waals surface area (Å²) in [7, 11) is 0. The number of rotatable bonds is 3. The first-order chi connectivity index (χ1) is 11.8. The van der Waals surface area contributed by atoms with Crippen molar-refractivity contribution in [3.63, 3.8) is 0 Å². The Morgan fingerprint density at radius 1 is 1.17 bits per heavy atom. The molecule has 0 saturated carbocycles. The van der Waals surface area contributed by atoms with Crippen LogP contribution in [0.5, 0.6) is 0 Å². The Hall–Kier alpha value is -3.13. The first-order valence-electron chi connectivity index (χ1n) is 7.85. The van der Waals surface area contributed by atoms with Gasteiger partial charge in [0, 0.05) is 18.5 Å². The van der Waals surface area contributed by atoms with Crippen LogP contribution in [0.1, 0.15) is 22.4 Å². The van der Waals surface area contributed by atoms with Gasteiger partial charge in [-0.05, 0) is 42.3 Å². The minimum atomic E-state index is -0.204. The molecule has 4 rings (SSSR count). The monoisotopic (exact) mass is 318 g/mol. The van der Waals surface area contributed by atoms with E-state index in [1.54, 1.807) is 24.3 Å². The molecule has 0 saturated heterocycles. The summed E-state index contributed by atoms with van der Waals surface area (Å²) >= 11 is 0. The number of nitrogens with one attached hydrogen (secondary N) is 1. The Labute approximate surface area is 139 Å². The van der Waals surface area contributed by atoms with Gasteiger partial charge in [0.25, 0.3) is 0 Å². The molecule has 118 valence electrons. The molecule has 0 aliphatic carbocycles. The van der Waals surface area contributed by atoms with Gasteiger partial charge in [0.05, 0.1) is 23.0 Å². The number of nitrogens with zero attached hydrogens (tertiary/aromatic N) is 3. The minimum absolute atomic E-state index is 0.204. The number of halogens is 1. The summed E-state index contributed by atoms with van der Waals surface area (Å²) in [6.45, 7) is 0.855. The van der Waals surface area contributed by atoms with Crippen LogP contribution in [-0.2, 0) is 12.8 Å². The lowest BCUT2D eigenvalue weighted by atomic mass is 10.1. The lowest BCUT2D eigenvalue weighted by molar-refractivity contribution is 0.612. The molecule has 1 aliphatic rings. The van der Waals surface area contributed by atoms with Gasteiger partial charge in [0.1, 0.15) is 11.6 Å².